The minimum Gasteiger partial charge on any atom is -0.507 e. The monoisotopic (exact) mass is 312 g/mol. The van der Waals surface area contributed by atoms with Crippen LogP contribution in [-0.4, -0.2) is 29.4 Å². The number of nitrogens with zero attached hydrogens (tertiary/aromatic N) is 2. The molecule has 114 valence electrons. The van der Waals surface area contributed by atoms with Crippen molar-refractivity contribution in [2.24, 2.45) is 5.10 Å². The standard InChI is InChI=1S/C18H21N2OP/c21-16-9-3-5-11-18(16)22-17-10-4-2-8-15(17)14-19-20-12-6-1-7-13-20/h2-5,8-11,14,21-22H,1,6-7,12-13H2/b19-14+. The van der Waals surface area contributed by atoms with Crippen LogP contribution in [0.15, 0.2) is 53.6 Å². The number of piperidine rings is 1. The number of para-hydroxylation sites is 1. The van der Waals surface area contributed by atoms with Crippen LogP contribution in [0, 0.1) is 0 Å². The molecule has 1 aliphatic heterocycles. The Bertz CT molecular complexity index is 651. The van der Waals surface area contributed by atoms with Crippen LogP contribution in [0.5, 0.6) is 5.75 Å². The Morgan fingerprint density at radius 1 is 0.909 bits per heavy atom. The van der Waals surface area contributed by atoms with Crippen molar-refractivity contribution in [3.05, 3.63) is 54.1 Å². The van der Waals surface area contributed by atoms with Crippen LogP contribution in [0.25, 0.3) is 0 Å². The number of benzene rings is 2. The summed E-state index contributed by atoms with van der Waals surface area (Å²) < 4.78 is 0. The van der Waals surface area contributed by atoms with Crippen LogP contribution in [0.4, 0.5) is 0 Å². The average molecular weight is 312 g/mol. The van der Waals surface area contributed by atoms with E-state index in [0.717, 1.165) is 24.0 Å². The lowest BCUT2D eigenvalue weighted by Gasteiger charge is -2.23. The SMILES string of the molecule is Oc1ccccc1Pc1ccccc1/C=N/N1CCCCC1. The van der Waals surface area contributed by atoms with Gasteiger partial charge in [-0.15, -0.1) is 0 Å². The van der Waals surface area contributed by atoms with Gasteiger partial charge >= 0.3 is 0 Å². The van der Waals surface area contributed by atoms with Crippen molar-refractivity contribution in [2.75, 3.05) is 13.1 Å². The first-order chi connectivity index (χ1) is 10.8. The number of rotatable bonds is 4. The summed E-state index contributed by atoms with van der Waals surface area (Å²) in [6.07, 6.45) is 5.75. The van der Waals surface area contributed by atoms with Crippen LogP contribution in [0.2, 0.25) is 0 Å². The smallest absolute Gasteiger partial charge is 0.123 e. The summed E-state index contributed by atoms with van der Waals surface area (Å²) >= 11 is 0. The maximum absolute atomic E-state index is 9.96. The Labute approximate surface area is 133 Å². The van der Waals surface area contributed by atoms with Crippen LogP contribution in [-0.2, 0) is 0 Å². The van der Waals surface area contributed by atoms with Gasteiger partial charge in [-0.2, -0.15) is 5.10 Å². The van der Waals surface area contributed by atoms with Crippen LogP contribution < -0.4 is 10.6 Å². The van der Waals surface area contributed by atoms with Crippen LogP contribution in [0.1, 0.15) is 24.8 Å². The van der Waals surface area contributed by atoms with E-state index in [1.165, 1.54) is 24.6 Å². The molecular formula is C18H21N2OP. The van der Waals surface area contributed by atoms with Gasteiger partial charge in [0.1, 0.15) is 5.75 Å². The lowest BCUT2D eigenvalue weighted by atomic mass is 10.2. The van der Waals surface area contributed by atoms with Crippen molar-refractivity contribution in [2.45, 2.75) is 19.3 Å². The van der Waals surface area contributed by atoms with E-state index in [4.69, 9.17) is 0 Å². The van der Waals surface area contributed by atoms with Crippen molar-refractivity contribution >= 4 is 25.4 Å². The summed E-state index contributed by atoms with van der Waals surface area (Å²) in [5.74, 6) is 0.364. The molecule has 3 rings (SSSR count). The largest absolute Gasteiger partial charge is 0.507 e. The summed E-state index contributed by atoms with van der Waals surface area (Å²) in [5, 5.41) is 18.9. The highest BCUT2D eigenvalue weighted by atomic mass is 31.1. The number of aromatic hydroxyl groups is 1. The fraction of sp³-hybridized carbons (Fsp3) is 0.278. The first-order valence-corrected chi connectivity index (χ1v) is 8.76. The lowest BCUT2D eigenvalue weighted by molar-refractivity contribution is 0.240. The third-order valence-corrected chi connectivity index (χ3v) is 5.24. The molecule has 3 nitrogen and oxygen atoms in total. The topological polar surface area (TPSA) is 35.8 Å². The molecule has 1 saturated heterocycles. The highest BCUT2D eigenvalue weighted by Gasteiger charge is 2.08. The predicted molar refractivity (Wildman–Crippen MR) is 95.1 cm³/mol. The van der Waals surface area contributed by atoms with Gasteiger partial charge in [0.25, 0.3) is 0 Å². The number of phenols is 1. The Morgan fingerprint density at radius 3 is 2.36 bits per heavy atom. The van der Waals surface area contributed by atoms with Crippen molar-refractivity contribution in [3.8, 4) is 5.75 Å². The van der Waals surface area contributed by atoms with Gasteiger partial charge in [-0.1, -0.05) is 51.0 Å². The molecule has 2 aromatic rings. The van der Waals surface area contributed by atoms with E-state index in [9.17, 15) is 5.11 Å². The molecule has 1 N–H and O–H groups in total. The molecule has 0 saturated carbocycles. The van der Waals surface area contributed by atoms with Crippen molar-refractivity contribution in [1.29, 1.82) is 0 Å². The fourth-order valence-corrected chi connectivity index (χ4v) is 3.74. The molecule has 0 amide bonds. The van der Waals surface area contributed by atoms with Gasteiger partial charge in [0.15, 0.2) is 0 Å². The molecule has 1 aliphatic rings. The van der Waals surface area contributed by atoms with Crippen LogP contribution in [0.3, 0.4) is 0 Å². The molecule has 2 aromatic carbocycles. The molecule has 22 heavy (non-hydrogen) atoms. The Hall–Kier alpha value is -1.86. The van der Waals surface area contributed by atoms with Crippen molar-refractivity contribution in [1.82, 2.24) is 5.01 Å². The van der Waals surface area contributed by atoms with Crippen molar-refractivity contribution < 1.29 is 5.11 Å². The first-order valence-electron chi connectivity index (χ1n) is 7.76. The second kappa shape index (κ2) is 7.42. The number of hydrazone groups is 1. The molecule has 0 aromatic heterocycles. The van der Waals surface area contributed by atoms with E-state index in [1.807, 2.05) is 36.5 Å². The molecule has 1 unspecified atom stereocenters. The van der Waals surface area contributed by atoms with E-state index in [-0.39, 0.29) is 0 Å². The normalized spacial score (nSPS) is 15.9. The van der Waals surface area contributed by atoms with E-state index < -0.39 is 0 Å². The quantitative estimate of drug-likeness (QED) is 0.696. The van der Waals surface area contributed by atoms with Gasteiger partial charge in [-0.05, 0) is 30.6 Å². The minimum atomic E-state index is 0.364. The van der Waals surface area contributed by atoms with E-state index in [2.05, 4.69) is 22.2 Å². The molecule has 0 bridgehead atoms. The maximum Gasteiger partial charge on any atom is 0.123 e. The zero-order chi connectivity index (χ0) is 15.2. The Balaban J connectivity index is 1.77. The third-order valence-electron chi connectivity index (χ3n) is 3.83. The molecule has 0 aliphatic carbocycles. The van der Waals surface area contributed by atoms with E-state index in [0.29, 0.717) is 14.3 Å². The van der Waals surface area contributed by atoms with Gasteiger partial charge in [-0.25, -0.2) is 0 Å². The van der Waals surface area contributed by atoms with E-state index >= 15 is 0 Å². The molecule has 4 heteroatoms. The van der Waals surface area contributed by atoms with Gasteiger partial charge in [0.05, 0.1) is 6.21 Å². The second-order valence-electron chi connectivity index (χ2n) is 5.49. The summed E-state index contributed by atoms with van der Waals surface area (Å²) in [6.45, 7) is 2.11. The third kappa shape index (κ3) is 3.86. The number of phenolic OH excluding ortho intramolecular Hbond substituents is 1. The molecule has 1 fully saturated rings. The molecular weight excluding hydrogens is 291 g/mol. The van der Waals surface area contributed by atoms with Gasteiger partial charge < -0.3 is 5.11 Å². The molecule has 1 heterocycles. The predicted octanol–water partition coefficient (Wildman–Crippen LogP) is 2.84. The Kier molecular flexibility index (Phi) is 5.07. The van der Waals surface area contributed by atoms with Gasteiger partial charge in [-0.3, -0.25) is 5.01 Å². The molecule has 0 spiro atoms. The first kappa shape index (κ1) is 15.1. The highest BCUT2D eigenvalue weighted by Crippen LogP contribution is 2.19. The summed E-state index contributed by atoms with van der Waals surface area (Å²) in [6, 6.07) is 15.8. The van der Waals surface area contributed by atoms with Crippen LogP contribution >= 0.6 is 8.58 Å². The number of hydrogen-bond acceptors (Lipinski definition) is 3. The lowest BCUT2D eigenvalue weighted by Crippen LogP contribution is -2.24. The Morgan fingerprint density at radius 2 is 1.59 bits per heavy atom. The van der Waals surface area contributed by atoms with E-state index in [1.54, 1.807) is 6.07 Å². The zero-order valence-electron chi connectivity index (χ0n) is 12.6. The maximum atomic E-state index is 9.96. The molecule has 0 radical (unpaired) electrons. The second-order valence-corrected chi connectivity index (χ2v) is 6.82. The highest BCUT2D eigenvalue weighted by molar-refractivity contribution is 7.56. The van der Waals surface area contributed by atoms with Gasteiger partial charge in [0.2, 0.25) is 0 Å². The summed E-state index contributed by atoms with van der Waals surface area (Å²) in [7, 11) is 0.434. The average Bonchev–Trinajstić information content (AvgIpc) is 2.57. The zero-order valence-corrected chi connectivity index (χ0v) is 13.6. The number of hydrogen-bond donors (Lipinski definition) is 1. The summed E-state index contributed by atoms with van der Waals surface area (Å²) in [4.78, 5) is 0. The molecule has 1 atom stereocenters. The minimum absolute atomic E-state index is 0.364. The summed E-state index contributed by atoms with van der Waals surface area (Å²) in [5.41, 5.74) is 1.13. The van der Waals surface area contributed by atoms with Crippen molar-refractivity contribution in [3.63, 3.8) is 0 Å². The van der Waals surface area contributed by atoms with Gasteiger partial charge in [0, 0.05) is 24.0 Å². The fourth-order valence-electron chi connectivity index (χ4n) is 2.58.